The molecule has 0 amide bonds. The molecule has 2 atom stereocenters. The third-order valence-electron chi connectivity index (χ3n) is 1.19. The van der Waals surface area contributed by atoms with E-state index in [4.69, 9.17) is 5.11 Å². The second kappa shape index (κ2) is 2.08. The molecule has 7 heavy (non-hydrogen) atoms. The van der Waals surface area contributed by atoms with Crippen LogP contribution in [0, 0.1) is 0 Å². The van der Waals surface area contributed by atoms with Gasteiger partial charge in [0.05, 0.1) is 6.10 Å². The predicted molar refractivity (Wildman–Crippen MR) is 31.9 cm³/mol. The van der Waals surface area contributed by atoms with Crippen LogP contribution in [0.15, 0.2) is 0 Å². The number of hydrogen-bond acceptors (Lipinski definition) is 2. The van der Waals surface area contributed by atoms with Crippen LogP contribution in [0.2, 0.25) is 0 Å². The van der Waals surface area contributed by atoms with Crippen LogP contribution in [0.3, 0.4) is 0 Å². The van der Waals surface area contributed by atoms with Crippen molar-refractivity contribution >= 4 is 9.39 Å². The molecule has 1 saturated heterocycles. The summed E-state index contributed by atoms with van der Waals surface area (Å²) >= 11 is 0. The van der Waals surface area contributed by atoms with Crippen LogP contribution in [0.5, 0.6) is 0 Å². The summed E-state index contributed by atoms with van der Waals surface area (Å²) in [6.45, 7) is 1.84. The van der Waals surface area contributed by atoms with Crippen LogP contribution in [-0.4, -0.2) is 29.0 Å². The summed E-state index contributed by atoms with van der Waals surface area (Å²) in [6.07, 6.45) is 0.862. The minimum absolute atomic E-state index is 0.0718. The van der Waals surface area contributed by atoms with E-state index in [0.29, 0.717) is 0 Å². The molecule has 3 heteroatoms. The standard InChI is InChI=1S/C4H10NOP/c6-4-1-2-5(7)3-4/h4,6H,1-3,7H2/t4-/m1/s1. The summed E-state index contributed by atoms with van der Waals surface area (Å²) in [6, 6.07) is 0. The Balaban J connectivity index is 2.26. The molecule has 0 spiro atoms. The van der Waals surface area contributed by atoms with Crippen molar-refractivity contribution in [1.82, 2.24) is 4.67 Å². The monoisotopic (exact) mass is 119 g/mol. The molecule has 2 nitrogen and oxygen atoms in total. The lowest BCUT2D eigenvalue weighted by Gasteiger charge is -2.02. The number of aliphatic hydroxyl groups excluding tert-OH is 1. The van der Waals surface area contributed by atoms with Gasteiger partial charge in [-0.15, -0.1) is 0 Å². The van der Waals surface area contributed by atoms with Crippen LogP contribution >= 0.6 is 9.39 Å². The van der Waals surface area contributed by atoms with Crippen molar-refractivity contribution in [1.29, 1.82) is 0 Å². The molecule has 1 heterocycles. The quantitative estimate of drug-likeness (QED) is 0.448. The molecular weight excluding hydrogens is 109 g/mol. The Morgan fingerprint density at radius 3 is 2.57 bits per heavy atom. The van der Waals surface area contributed by atoms with Crippen molar-refractivity contribution in [3.63, 3.8) is 0 Å². The Morgan fingerprint density at radius 1 is 1.71 bits per heavy atom. The number of nitrogens with zero attached hydrogens (tertiary/aromatic N) is 1. The van der Waals surface area contributed by atoms with E-state index in [9.17, 15) is 0 Å². The fraction of sp³-hybridized carbons (Fsp3) is 1.00. The van der Waals surface area contributed by atoms with E-state index in [-0.39, 0.29) is 6.10 Å². The van der Waals surface area contributed by atoms with E-state index in [2.05, 4.69) is 9.39 Å². The van der Waals surface area contributed by atoms with Crippen molar-refractivity contribution in [2.75, 3.05) is 13.1 Å². The molecule has 1 unspecified atom stereocenters. The summed E-state index contributed by atoms with van der Waals surface area (Å²) in [5, 5.41) is 8.84. The first-order valence-corrected chi connectivity index (χ1v) is 2.98. The fourth-order valence-electron chi connectivity index (χ4n) is 0.768. The van der Waals surface area contributed by atoms with Gasteiger partial charge < -0.3 is 5.11 Å². The molecular formula is C4H10NOP. The van der Waals surface area contributed by atoms with E-state index in [1.807, 2.05) is 4.67 Å². The van der Waals surface area contributed by atoms with Crippen LogP contribution in [0.1, 0.15) is 6.42 Å². The zero-order valence-corrected chi connectivity index (χ0v) is 5.33. The highest BCUT2D eigenvalue weighted by Gasteiger charge is 2.15. The minimum Gasteiger partial charge on any atom is -0.392 e. The van der Waals surface area contributed by atoms with E-state index in [1.54, 1.807) is 0 Å². The number of aliphatic hydroxyl groups is 1. The van der Waals surface area contributed by atoms with Gasteiger partial charge in [-0.2, -0.15) is 0 Å². The van der Waals surface area contributed by atoms with Crippen molar-refractivity contribution in [2.45, 2.75) is 12.5 Å². The molecule has 0 aromatic rings. The van der Waals surface area contributed by atoms with Gasteiger partial charge in [0.2, 0.25) is 0 Å². The Kier molecular flexibility index (Phi) is 1.63. The topological polar surface area (TPSA) is 23.5 Å². The Bertz CT molecular complexity index is 60.7. The number of β-amino-alcohol motifs (C(OH)–C–C–N with tert-alkyl or cyclic N) is 1. The van der Waals surface area contributed by atoms with E-state index < -0.39 is 0 Å². The highest BCUT2D eigenvalue weighted by molar-refractivity contribution is 7.13. The van der Waals surface area contributed by atoms with Crippen molar-refractivity contribution in [3.05, 3.63) is 0 Å². The lowest BCUT2D eigenvalue weighted by atomic mass is 10.3. The van der Waals surface area contributed by atoms with Crippen molar-refractivity contribution < 1.29 is 5.11 Å². The summed E-state index contributed by atoms with van der Waals surface area (Å²) < 4.78 is 2.05. The SMILES string of the molecule is O[C@@H]1CCN(P)C1. The average molecular weight is 119 g/mol. The maximum absolute atomic E-state index is 8.84. The maximum atomic E-state index is 8.84. The second-order valence-corrected chi connectivity index (χ2v) is 2.67. The molecule has 0 radical (unpaired) electrons. The Hall–Kier alpha value is 0.350. The van der Waals surface area contributed by atoms with Crippen LogP contribution in [0.25, 0.3) is 0 Å². The predicted octanol–water partition coefficient (Wildman–Crippen LogP) is -0.157. The van der Waals surface area contributed by atoms with Gasteiger partial charge in [-0.1, -0.05) is 9.39 Å². The maximum Gasteiger partial charge on any atom is 0.0682 e. The van der Waals surface area contributed by atoms with E-state index in [1.165, 1.54) is 0 Å². The normalized spacial score (nSPS) is 34.3. The van der Waals surface area contributed by atoms with Gasteiger partial charge in [0.15, 0.2) is 0 Å². The van der Waals surface area contributed by atoms with E-state index in [0.717, 1.165) is 19.5 Å². The molecule has 0 aliphatic carbocycles. The molecule has 0 aromatic heterocycles. The molecule has 0 aromatic carbocycles. The average Bonchev–Trinajstić information content (AvgIpc) is 1.87. The highest BCUT2D eigenvalue weighted by Crippen LogP contribution is 2.11. The Labute approximate surface area is 45.8 Å². The Morgan fingerprint density at radius 2 is 2.43 bits per heavy atom. The molecule has 1 aliphatic rings. The molecule has 0 bridgehead atoms. The van der Waals surface area contributed by atoms with E-state index >= 15 is 0 Å². The third-order valence-corrected chi connectivity index (χ3v) is 1.66. The second-order valence-electron chi connectivity index (χ2n) is 1.94. The van der Waals surface area contributed by atoms with Gasteiger partial charge in [-0.3, -0.25) is 4.67 Å². The number of hydrogen-bond donors (Lipinski definition) is 1. The molecule has 1 rings (SSSR count). The summed E-state index contributed by atoms with van der Waals surface area (Å²) in [5.41, 5.74) is 0. The minimum atomic E-state index is -0.0718. The van der Waals surface area contributed by atoms with Gasteiger partial charge in [-0.05, 0) is 6.42 Å². The highest BCUT2D eigenvalue weighted by atomic mass is 31.0. The van der Waals surface area contributed by atoms with Gasteiger partial charge in [0, 0.05) is 13.1 Å². The number of rotatable bonds is 0. The zero-order valence-electron chi connectivity index (χ0n) is 4.17. The van der Waals surface area contributed by atoms with Gasteiger partial charge in [0.1, 0.15) is 0 Å². The molecule has 0 saturated carbocycles. The van der Waals surface area contributed by atoms with Gasteiger partial charge in [0.25, 0.3) is 0 Å². The summed E-state index contributed by atoms with van der Waals surface area (Å²) in [7, 11) is 2.57. The van der Waals surface area contributed by atoms with Crippen LogP contribution in [0.4, 0.5) is 0 Å². The summed E-state index contributed by atoms with van der Waals surface area (Å²) in [4.78, 5) is 0. The van der Waals surface area contributed by atoms with Gasteiger partial charge in [-0.25, -0.2) is 0 Å². The molecule has 42 valence electrons. The largest absolute Gasteiger partial charge is 0.392 e. The van der Waals surface area contributed by atoms with Crippen molar-refractivity contribution in [3.8, 4) is 0 Å². The zero-order chi connectivity index (χ0) is 5.28. The molecule has 1 aliphatic heterocycles. The first-order valence-electron chi connectivity index (χ1n) is 2.47. The lowest BCUT2D eigenvalue weighted by Crippen LogP contribution is -2.09. The molecule has 1 N–H and O–H groups in total. The lowest BCUT2D eigenvalue weighted by molar-refractivity contribution is 0.190. The van der Waals surface area contributed by atoms with Crippen molar-refractivity contribution in [2.24, 2.45) is 0 Å². The fourth-order valence-corrected chi connectivity index (χ4v) is 1.16. The van der Waals surface area contributed by atoms with Crippen LogP contribution < -0.4 is 0 Å². The molecule has 1 fully saturated rings. The van der Waals surface area contributed by atoms with Gasteiger partial charge >= 0.3 is 0 Å². The third kappa shape index (κ3) is 1.37. The smallest absolute Gasteiger partial charge is 0.0682 e. The van der Waals surface area contributed by atoms with Crippen LogP contribution in [-0.2, 0) is 0 Å². The first-order chi connectivity index (χ1) is 3.29. The first kappa shape index (κ1) is 5.49. The summed E-state index contributed by atoms with van der Waals surface area (Å²) in [5.74, 6) is 0.